The van der Waals surface area contributed by atoms with Gasteiger partial charge in [0, 0.05) is 32.3 Å². The van der Waals surface area contributed by atoms with E-state index >= 15 is 0 Å². The van der Waals surface area contributed by atoms with Crippen molar-refractivity contribution in [1.29, 1.82) is 0 Å². The van der Waals surface area contributed by atoms with Gasteiger partial charge in [0.2, 0.25) is 11.8 Å². The Morgan fingerprint density at radius 2 is 1.96 bits per heavy atom. The molecule has 3 rings (SSSR count). The van der Waals surface area contributed by atoms with E-state index in [1.165, 1.54) is 6.92 Å². The highest BCUT2D eigenvalue weighted by atomic mass is 16.5. The average Bonchev–Trinajstić information content (AvgIpc) is 3.10. The minimum Gasteiger partial charge on any atom is -0.497 e. The van der Waals surface area contributed by atoms with Crippen LogP contribution in [0.2, 0.25) is 0 Å². The topological polar surface area (TPSA) is 84.7 Å². The molecular weight excluding hydrogens is 356 g/mol. The van der Waals surface area contributed by atoms with Crippen molar-refractivity contribution in [2.24, 2.45) is 0 Å². The molecule has 2 heterocycles. The molecular formula is C21H24N4O3. The predicted octanol–water partition coefficient (Wildman–Crippen LogP) is 2.27. The normalized spacial score (nSPS) is 11.8. The van der Waals surface area contributed by atoms with Crippen molar-refractivity contribution in [3.8, 4) is 5.75 Å². The lowest BCUT2D eigenvalue weighted by atomic mass is 10.0. The molecule has 1 atom stereocenters. The van der Waals surface area contributed by atoms with E-state index in [1.807, 2.05) is 59.3 Å². The summed E-state index contributed by atoms with van der Waals surface area (Å²) in [7, 11) is 1.59. The Balaban J connectivity index is 1.55. The zero-order chi connectivity index (χ0) is 19.9. The van der Waals surface area contributed by atoms with Gasteiger partial charge in [-0.15, -0.1) is 0 Å². The fourth-order valence-corrected chi connectivity index (χ4v) is 3.03. The highest BCUT2D eigenvalue weighted by molar-refractivity contribution is 5.79. The second-order valence-corrected chi connectivity index (χ2v) is 6.53. The molecule has 0 fully saturated rings. The maximum atomic E-state index is 12.4. The van der Waals surface area contributed by atoms with Crippen LogP contribution in [-0.2, 0) is 16.0 Å². The molecule has 0 saturated heterocycles. The molecule has 7 heteroatoms. The van der Waals surface area contributed by atoms with Crippen LogP contribution in [0.1, 0.15) is 30.6 Å². The third-order valence-corrected chi connectivity index (χ3v) is 4.40. The molecule has 0 aliphatic heterocycles. The van der Waals surface area contributed by atoms with E-state index in [9.17, 15) is 9.59 Å². The van der Waals surface area contributed by atoms with Gasteiger partial charge in [-0.05, 0) is 29.8 Å². The minimum atomic E-state index is -0.390. The Bertz CT molecular complexity index is 917. The molecule has 0 bridgehead atoms. The largest absolute Gasteiger partial charge is 0.497 e. The van der Waals surface area contributed by atoms with Crippen LogP contribution in [0.5, 0.6) is 5.75 Å². The second kappa shape index (κ2) is 9.03. The zero-order valence-corrected chi connectivity index (χ0v) is 16.0. The smallest absolute Gasteiger partial charge is 0.222 e. The number of ether oxygens (including phenoxy) is 1. The number of nitrogens with zero attached hydrogens (tertiary/aromatic N) is 2. The van der Waals surface area contributed by atoms with Crippen LogP contribution in [0, 0.1) is 0 Å². The maximum Gasteiger partial charge on any atom is 0.222 e. The van der Waals surface area contributed by atoms with Crippen molar-refractivity contribution < 1.29 is 14.3 Å². The van der Waals surface area contributed by atoms with E-state index in [0.717, 1.165) is 22.7 Å². The number of benzene rings is 1. The Kier molecular flexibility index (Phi) is 6.26. The first-order valence-corrected chi connectivity index (χ1v) is 9.15. The first-order valence-electron chi connectivity index (χ1n) is 9.15. The van der Waals surface area contributed by atoms with Gasteiger partial charge >= 0.3 is 0 Å². The number of imidazole rings is 1. The van der Waals surface area contributed by atoms with E-state index in [0.29, 0.717) is 13.0 Å². The molecule has 1 unspecified atom stereocenters. The van der Waals surface area contributed by atoms with E-state index in [1.54, 1.807) is 7.11 Å². The monoisotopic (exact) mass is 380 g/mol. The first-order chi connectivity index (χ1) is 13.5. The standard InChI is InChI=1S/C21H24N4O3/c1-15(26)23-19(16-6-8-18(28-2)9-7-16)13-21(27)22-11-10-17-14-25-12-4-3-5-20(25)24-17/h3-9,12,14,19H,10-11,13H2,1-2H3,(H,22,27)(H,23,26). The number of methoxy groups -OCH3 is 1. The molecule has 28 heavy (non-hydrogen) atoms. The van der Waals surface area contributed by atoms with Crippen LogP contribution in [0.3, 0.4) is 0 Å². The quantitative estimate of drug-likeness (QED) is 0.628. The van der Waals surface area contributed by atoms with Crippen LogP contribution in [-0.4, -0.2) is 34.9 Å². The zero-order valence-electron chi connectivity index (χ0n) is 16.0. The molecule has 3 aromatic rings. The molecule has 0 saturated carbocycles. The molecule has 7 nitrogen and oxygen atoms in total. The van der Waals surface area contributed by atoms with Gasteiger partial charge in [0.05, 0.1) is 25.3 Å². The molecule has 1 aromatic carbocycles. The summed E-state index contributed by atoms with van der Waals surface area (Å²) in [4.78, 5) is 28.4. The van der Waals surface area contributed by atoms with Crippen molar-refractivity contribution >= 4 is 17.5 Å². The fourth-order valence-electron chi connectivity index (χ4n) is 3.03. The lowest BCUT2D eigenvalue weighted by molar-refractivity contribution is -0.122. The lowest BCUT2D eigenvalue weighted by Crippen LogP contribution is -2.33. The lowest BCUT2D eigenvalue weighted by Gasteiger charge is -2.18. The molecule has 2 N–H and O–H groups in total. The van der Waals surface area contributed by atoms with Crippen LogP contribution < -0.4 is 15.4 Å². The van der Waals surface area contributed by atoms with E-state index < -0.39 is 6.04 Å². The Hall–Kier alpha value is -3.35. The third-order valence-electron chi connectivity index (χ3n) is 4.40. The number of rotatable bonds is 8. The highest BCUT2D eigenvalue weighted by Gasteiger charge is 2.17. The van der Waals surface area contributed by atoms with Gasteiger partial charge in [0.15, 0.2) is 0 Å². The fraction of sp³-hybridized carbons (Fsp3) is 0.286. The molecule has 0 aliphatic carbocycles. The average molecular weight is 380 g/mol. The number of hydrogen-bond acceptors (Lipinski definition) is 4. The number of aromatic nitrogens is 2. The number of hydrogen-bond donors (Lipinski definition) is 2. The number of fused-ring (bicyclic) bond motifs is 1. The molecule has 146 valence electrons. The van der Waals surface area contributed by atoms with Crippen LogP contribution in [0.4, 0.5) is 0 Å². The van der Waals surface area contributed by atoms with Gasteiger partial charge in [-0.1, -0.05) is 18.2 Å². The van der Waals surface area contributed by atoms with Gasteiger partial charge in [-0.2, -0.15) is 0 Å². The summed E-state index contributed by atoms with van der Waals surface area (Å²) in [5, 5.41) is 5.74. The summed E-state index contributed by atoms with van der Waals surface area (Å²) < 4.78 is 7.11. The summed E-state index contributed by atoms with van der Waals surface area (Å²) in [5.41, 5.74) is 2.65. The maximum absolute atomic E-state index is 12.4. The summed E-state index contributed by atoms with van der Waals surface area (Å²) >= 11 is 0. The third kappa shape index (κ3) is 5.09. The number of carbonyl (C=O) groups excluding carboxylic acids is 2. The van der Waals surface area contributed by atoms with Crippen molar-refractivity contribution in [2.75, 3.05) is 13.7 Å². The summed E-state index contributed by atoms with van der Waals surface area (Å²) in [6.45, 7) is 1.93. The van der Waals surface area contributed by atoms with Crippen LogP contribution in [0.15, 0.2) is 54.9 Å². The molecule has 0 aliphatic rings. The molecule has 0 radical (unpaired) electrons. The molecule has 0 spiro atoms. The van der Waals surface area contributed by atoms with E-state index in [4.69, 9.17) is 4.74 Å². The summed E-state index contributed by atoms with van der Waals surface area (Å²) in [6.07, 6.45) is 4.70. The van der Waals surface area contributed by atoms with Gasteiger partial charge < -0.3 is 19.8 Å². The summed E-state index contributed by atoms with van der Waals surface area (Å²) in [6, 6.07) is 12.8. The second-order valence-electron chi connectivity index (χ2n) is 6.53. The number of carbonyl (C=O) groups is 2. The van der Waals surface area contributed by atoms with Crippen molar-refractivity contribution in [1.82, 2.24) is 20.0 Å². The van der Waals surface area contributed by atoms with E-state index in [-0.39, 0.29) is 18.2 Å². The Labute approximate surface area is 163 Å². The van der Waals surface area contributed by atoms with Crippen LogP contribution in [0.25, 0.3) is 5.65 Å². The first kappa shape index (κ1) is 19.4. The SMILES string of the molecule is COc1ccc(C(CC(=O)NCCc2cn3ccccc3n2)NC(C)=O)cc1. The van der Waals surface area contributed by atoms with Gasteiger partial charge in [0.1, 0.15) is 11.4 Å². The van der Waals surface area contributed by atoms with Crippen molar-refractivity contribution in [3.63, 3.8) is 0 Å². The Morgan fingerprint density at radius 1 is 1.18 bits per heavy atom. The van der Waals surface area contributed by atoms with Gasteiger partial charge in [-0.25, -0.2) is 4.98 Å². The molecule has 2 aromatic heterocycles. The number of amides is 2. The number of nitrogens with one attached hydrogen (secondary N) is 2. The molecule has 2 amide bonds. The van der Waals surface area contributed by atoms with Gasteiger partial charge in [0.25, 0.3) is 0 Å². The van der Waals surface area contributed by atoms with Gasteiger partial charge in [-0.3, -0.25) is 9.59 Å². The predicted molar refractivity (Wildman–Crippen MR) is 106 cm³/mol. The van der Waals surface area contributed by atoms with Crippen molar-refractivity contribution in [2.45, 2.75) is 25.8 Å². The van der Waals surface area contributed by atoms with Crippen molar-refractivity contribution in [3.05, 3.63) is 66.1 Å². The Morgan fingerprint density at radius 3 is 2.64 bits per heavy atom. The van der Waals surface area contributed by atoms with E-state index in [2.05, 4.69) is 15.6 Å². The highest BCUT2D eigenvalue weighted by Crippen LogP contribution is 2.20. The van der Waals surface area contributed by atoms with Crippen LogP contribution >= 0.6 is 0 Å². The number of pyridine rings is 1. The minimum absolute atomic E-state index is 0.127. The summed E-state index contributed by atoms with van der Waals surface area (Å²) in [5.74, 6) is 0.416.